The highest BCUT2D eigenvalue weighted by atomic mass is 19.3. The molecule has 2 atom stereocenters. The van der Waals surface area contributed by atoms with E-state index in [1.807, 2.05) is 6.07 Å². The van der Waals surface area contributed by atoms with Gasteiger partial charge in [0.25, 0.3) is 5.91 Å². The molecule has 0 spiro atoms. The van der Waals surface area contributed by atoms with Crippen molar-refractivity contribution >= 4 is 11.7 Å². The highest BCUT2D eigenvalue weighted by Crippen LogP contribution is 2.47. The van der Waals surface area contributed by atoms with E-state index < -0.39 is 29.8 Å². The minimum Gasteiger partial charge on any atom is -0.497 e. The molecular formula is C25H32F2N4O3. The van der Waals surface area contributed by atoms with Crippen LogP contribution in [0.5, 0.6) is 5.75 Å². The van der Waals surface area contributed by atoms with Crippen molar-refractivity contribution in [1.29, 1.82) is 0 Å². The first-order valence-electron chi connectivity index (χ1n) is 11.7. The van der Waals surface area contributed by atoms with E-state index in [2.05, 4.69) is 15.2 Å². The molecule has 0 bridgehead atoms. The van der Waals surface area contributed by atoms with Crippen molar-refractivity contribution in [3.63, 3.8) is 0 Å². The van der Waals surface area contributed by atoms with Gasteiger partial charge in [-0.05, 0) is 24.8 Å². The van der Waals surface area contributed by atoms with Crippen LogP contribution in [0.2, 0.25) is 0 Å². The predicted octanol–water partition coefficient (Wildman–Crippen LogP) is 3.08. The van der Waals surface area contributed by atoms with Gasteiger partial charge in [0.15, 0.2) is 5.60 Å². The zero-order chi connectivity index (χ0) is 24.3. The Morgan fingerprint density at radius 1 is 1.26 bits per heavy atom. The molecule has 4 rings (SSSR count). The van der Waals surface area contributed by atoms with Crippen LogP contribution in [0.25, 0.3) is 0 Å². The fourth-order valence-electron chi connectivity index (χ4n) is 5.09. The predicted molar refractivity (Wildman–Crippen MR) is 124 cm³/mol. The van der Waals surface area contributed by atoms with Crippen LogP contribution in [0.15, 0.2) is 42.5 Å². The number of carbonyl (C=O) groups excluding carboxylic acids is 1. The summed E-state index contributed by atoms with van der Waals surface area (Å²) in [5.74, 6) is -3.25. The summed E-state index contributed by atoms with van der Waals surface area (Å²) in [6.45, 7) is 2.04. The van der Waals surface area contributed by atoms with Crippen LogP contribution in [0.1, 0.15) is 43.4 Å². The monoisotopic (exact) mass is 474 g/mol. The molecule has 1 amide bonds. The first-order valence-corrected chi connectivity index (χ1v) is 11.7. The summed E-state index contributed by atoms with van der Waals surface area (Å²) < 4.78 is 33.2. The summed E-state index contributed by atoms with van der Waals surface area (Å²) >= 11 is 0. The van der Waals surface area contributed by atoms with Crippen molar-refractivity contribution in [2.45, 2.75) is 56.2 Å². The third kappa shape index (κ3) is 5.31. The number of anilines is 1. The Labute approximate surface area is 198 Å². The van der Waals surface area contributed by atoms with Crippen LogP contribution >= 0.6 is 0 Å². The van der Waals surface area contributed by atoms with Gasteiger partial charge in [0.2, 0.25) is 5.92 Å². The smallest absolute Gasteiger partial charge is 0.257 e. The number of halogens is 2. The molecular weight excluding hydrogens is 442 g/mol. The van der Waals surface area contributed by atoms with Crippen LogP contribution in [-0.2, 0) is 16.9 Å². The van der Waals surface area contributed by atoms with Crippen LogP contribution in [-0.4, -0.2) is 53.1 Å². The highest BCUT2D eigenvalue weighted by Gasteiger charge is 2.53. The second-order valence-electron chi connectivity index (χ2n) is 9.38. The zero-order valence-electron chi connectivity index (χ0n) is 19.3. The lowest BCUT2D eigenvalue weighted by Crippen LogP contribution is -2.54. The second kappa shape index (κ2) is 9.84. The molecule has 1 aromatic carbocycles. The van der Waals surface area contributed by atoms with Crippen LogP contribution in [0, 0.1) is 5.92 Å². The Hall–Kier alpha value is -2.78. The van der Waals surface area contributed by atoms with Crippen LogP contribution < -0.4 is 15.8 Å². The summed E-state index contributed by atoms with van der Waals surface area (Å²) in [7, 11) is 1.58. The number of piperidine rings is 1. The number of nitrogen functional groups attached to an aromatic ring is 1. The molecule has 2 aliphatic rings. The van der Waals surface area contributed by atoms with Gasteiger partial charge in [0, 0.05) is 56.6 Å². The number of benzene rings is 1. The van der Waals surface area contributed by atoms with Crippen molar-refractivity contribution in [2.24, 2.45) is 5.92 Å². The van der Waals surface area contributed by atoms with Gasteiger partial charge in [0.05, 0.1) is 12.8 Å². The van der Waals surface area contributed by atoms with Gasteiger partial charge >= 0.3 is 0 Å². The number of methoxy groups -OCH3 is 1. The number of pyridine rings is 1. The van der Waals surface area contributed by atoms with Crippen LogP contribution in [0.4, 0.5) is 14.6 Å². The number of aliphatic hydroxyl groups is 1. The van der Waals surface area contributed by atoms with Gasteiger partial charge in [0.1, 0.15) is 11.6 Å². The summed E-state index contributed by atoms with van der Waals surface area (Å²) in [5, 5.41) is 14.5. The normalized spacial score (nSPS) is 22.8. The Morgan fingerprint density at radius 2 is 1.97 bits per heavy atom. The molecule has 4 N–H and O–H groups in total. The fourth-order valence-corrected chi connectivity index (χ4v) is 5.09. The topological polar surface area (TPSA) is 101 Å². The fraction of sp³-hybridized carbons (Fsp3) is 0.520. The largest absolute Gasteiger partial charge is 0.497 e. The number of likely N-dealkylation sites (tertiary alicyclic amines) is 1. The van der Waals surface area contributed by atoms with E-state index in [1.165, 1.54) is 0 Å². The molecule has 184 valence electrons. The van der Waals surface area contributed by atoms with E-state index in [0.29, 0.717) is 36.5 Å². The SMILES string of the molecule is COc1cc(N)nc(CN2CCC(NC(=O)C(O)(c3ccccc3)[C@@H]3CCC(F)(F)C3)CC2)c1. The minimum absolute atomic E-state index is 0.0981. The lowest BCUT2D eigenvalue weighted by Gasteiger charge is -2.37. The number of ether oxygens (including phenoxy) is 1. The van der Waals surface area contributed by atoms with Gasteiger partial charge in [-0.2, -0.15) is 0 Å². The molecule has 7 nitrogen and oxygen atoms in total. The number of rotatable bonds is 7. The minimum atomic E-state index is -2.86. The molecule has 1 aliphatic heterocycles. The standard InChI is InChI=1S/C25H32F2N4O3/c1-34-21-13-20(29-22(28)14-21)16-31-11-8-19(9-12-31)30-23(32)25(33,17-5-3-2-4-6-17)18-7-10-24(26,27)15-18/h2-6,13-14,18-19,33H,7-12,15-16H2,1H3,(H2,28,29)(H,30,32)/t18-,25?/m1/s1. The molecule has 2 fully saturated rings. The summed E-state index contributed by atoms with van der Waals surface area (Å²) in [4.78, 5) is 19.9. The Bertz CT molecular complexity index is 999. The summed E-state index contributed by atoms with van der Waals surface area (Å²) in [5.41, 5.74) is 5.02. The van der Waals surface area contributed by atoms with Crippen molar-refractivity contribution in [2.75, 3.05) is 25.9 Å². The molecule has 9 heteroatoms. The third-order valence-electron chi connectivity index (χ3n) is 6.97. The number of hydrogen-bond acceptors (Lipinski definition) is 6. The molecule has 0 radical (unpaired) electrons. The van der Waals surface area contributed by atoms with Gasteiger partial charge in [-0.25, -0.2) is 13.8 Å². The van der Waals surface area contributed by atoms with Crippen molar-refractivity contribution in [3.05, 3.63) is 53.7 Å². The first kappa shape index (κ1) is 24.3. The van der Waals surface area contributed by atoms with Gasteiger partial charge in [-0.15, -0.1) is 0 Å². The van der Waals surface area contributed by atoms with Gasteiger partial charge in [-0.3, -0.25) is 9.69 Å². The summed E-state index contributed by atoms with van der Waals surface area (Å²) in [6, 6.07) is 11.8. The van der Waals surface area contributed by atoms with Gasteiger partial charge in [-0.1, -0.05) is 30.3 Å². The molecule has 1 unspecified atom stereocenters. The summed E-state index contributed by atoms with van der Waals surface area (Å²) in [6.07, 6.45) is 0.636. The molecule has 1 aromatic heterocycles. The van der Waals surface area contributed by atoms with E-state index in [1.54, 1.807) is 43.5 Å². The van der Waals surface area contributed by atoms with Crippen LogP contribution in [0.3, 0.4) is 0 Å². The maximum Gasteiger partial charge on any atom is 0.257 e. The molecule has 1 saturated heterocycles. The maximum absolute atomic E-state index is 14.0. The highest BCUT2D eigenvalue weighted by molar-refractivity contribution is 5.87. The Balaban J connectivity index is 1.40. The lowest BCUT2D eigenvalue weighted by atomic mass is 9.79. The quantitative estimate of drug-likeness (QED) is 0.570. The number of nitrogens with one attached hydrogen (secondary N) is 1. The molecule has 2 heterocycles. The average Bonchev–Trinajstić information content (AvgIpc) is 3.20. The number of nitrogens with zero attached hydrogens (tertiary/aromatic N) is 2. The molecule has 34 heavy (non-hydrogen) atoms. The number of hydrogen-bond donors (Lipinski definition) is 3. The number of nitrogens with two attached hydrogens (primary N) is 1. The first-order chi connectivity index (χ1) is 16.2. The lowest BCUT2D eigenvalue weighted by molar-refractivity contribution is -0.149. The van der Waals surface area contributed by atoms with E-state index in [-0.39, 0.29) is 18.9 Å². The molecule has 1 aliphatic carbocycles. The van der Waals surface area contributed by atoms with E-state index in [9.17, 15) is 18.7 Å². The van der Waals surface area contributed by atoms with E-state index in [4.69, 9.17) is 10.5 Å². The zero-order valence-corrected chi connectivity index (χ0v) is 19.3. The van der Waals surface area contributed by atoms with E-state index in [0.717, 1.165) is 18.8 Å². The van der Waals surface area contributed by atoms with E-state index >= 15 is 0 Å². The van der Waals surface area contributed by atoms with Crippen molar-refractivity contribution < 1.29 is 23.4 Å². The Kier molecular flexibility index (Phi) is 7.04. The third-order valence-corrected chi connectivity index (χ3v) is 6.97. The number of amides is 1. The second-order valence-corrected chi connectivity index (χ2v) is 9.38. The van der Waals surface area contributed by atoms with Crippen molar-refractivity contribution in [3.8, 4) is 5.75 Å². The molecule has 1 saturated carbocycles. The molecule has 2 aromatic rings. The average molecular weight is 475 g/mol. The number of aromatic nitrogens is 1. The number of carbonyl (C=O) groups is 1. The van der Waals surface area contributed by atoms with Crippen molar-refractivity contribution in [1.82, 2.24) is 15.2 Å². The van der Waals surface area contributed by atoms with Gasteiger partial charge < -0.3 is 20.9 Å². The maximum atomic E-state index is 14.0. The Morgan fingerprint density at radius 3 is 2.59 bits per heavy atom. The number of alkyl halides is 2.